The summed E-state index contributed by atoms with van der Waals surface area (Å²) in [4.78, 5) is 9.83. The first-order valence-electron chi connectivity index (χ1n) is 3.98. The Hall–Kier alpha value is -1.06. The third kappa shape index (κ3) is 3.37. The van der Waals surface area contributed by atoms with Crippen LogP contribution in [0.4, 0.5) is 0 Å². The molecular formula is C9H13NO2. The molecule has 0 atom stereocenters. The van der Waals surface area contributed by atoms with Crippen LogP contribution in [0.1, 0.15) is 6.42 Å². The quantitative estimate of drug-likeness (QED) is 0.409. The molecule has 3 heteroatoms. The molecule has 0 fully saturated rings. The van der Waals surface area contributed by atoms with E-state index < -0.39 is 0 Å². The van der Waals surface area contributed by atoms with Crippen LogP contribution in [-0.2, 0) is 4.89 Å². The van der Waals surface area contributed by atoms with E-state index in [1.807, 2.05) is 30.3 Å². The van der Waals surface area contributed by atoms with Crippen molar-refractivity contribution in [1.29, 1.82) is 0 Å². The van der Waals surface area contributed by atoms with Crippen molar-refractivity contribution in [3.05, 3.63) is 30.3 Å². The third-order valence-corrected chi connectivity index (χ3v) is 1.33. The Morgan fingerprint density at radius 2 is 1.92 bits per heavy atom. The molecule has 12 heavy (non-hydrogen) atoms. The third-order valence-electron chi connectivity index (χ3n) is 1.33. The van der Waals surface area contributed by atoms with Crippen molar-refractivity contribution < 1.29 is 9.78 Å². The van der Waals surface area contributed by atoms with Crippen molar-refractivity contribution in [2.75, 3.05) is 13.2 Å². The molecule has 0 saturated heterocycles. The van der Waals surface area contributed by atoms with Crippen LogP contribution in [0.15, 0.2) is 30.3 Å². The lowest BCUT2D eigenvalue weighted by atomic mass is 10.3. The first kappa shape index (κ1) is 9.03. The Kier molecular flexibility index (Phi) is 4.19. The van der Waals surface area contributed by atoms with Crippen LogP contribution in [0.2, 0.25) is 0 Å². The molecule has 0 unspecified atom stereocenters. The van der Waals surface area contributed by atoms with Gasteiger partial charge in [-0.05, 0) is 25.1 Å². The number of nitrogens with two attached hydrogens (primary N) is 1. The molecule has 1 aromatic rings. The largest absolute Gasteiger partial charge is 0.338 e. The van der Waals surface area contributed by atoms with Gasteiger partial charge in [-0.2, -0.15) is 4.89 Å². The Morgan fingerprint density at radius 3 is 2.58 bits per heavy atom. The van der Waals surface area contributed by atoms with Crippen molar-refractivity contribution in [1.82, 2.24) is 0 Å². The van der Waals surface area contributed by atoms with Gasteiger partial charge < -0.3 is 10.6 Å². The summed E-state index contributed by atoms with van der Waals surface area (Å²) in [6, 6.07) is 9.38. The summed E-state index contributed by atoms with van der Waals surface area (Å²) in [7, 11) is 0. The summed E-state index contributed by atoms with van der Waals surface area (Å²) in [5, 5.41) is 0. The van der Waals surface area contributed by atoms with Crippen molar-refractivity contribution in [2.24, 2.45) is 5.73 Å². The Morgan fingerprint density at radius 1 is 1.17 bits per heavy atom. The molecule has 66 valence electrons. The standard InChI is InChI=1S/C9H13NO2/c10-7-4-8-11-12-9-5-2-1-3-6-9/h1-3,5-6H,4,7-8,10H2. The summed E-state index contributed by atoms with van der Waals surface area (Å²) < 4.78 is 0. The summed E-state index contributed by atoms with van der Waals surface area (Å²) >= 11 is 0. The van der Waals surface area contributed by atoms with E-state index >= 15 is 0 Å². The van der Waals surface area contributed by atoms with Gasteiger partial charge in [-0.25, -0.2) is 0 Å². The number of hydrogen-bond acceptors (Lipinski definition) is 3. The van der Waals surface area contributed by atoms with E-state index in [4.69, 9.17) is 15.5 Å². The number of rotatable bonds is 5. The van der Waals surface area contributed by atoms with Crippen LogP contribution in [0, 0.1) is 0 Å². The minimum absolute atomic E-state index is 0.533. The fourth-order valence-corrected chi connectivity index (χ4v) is 0.728. The molecule has 2 N–H and O–H groups in total. The molecule has 0 amide bonds. The molecule has 0 aliphatic carbocycles. The maximum Gasteiger partial charge on any atom is 0.165 e. The topological polar surface area (TPSA) is 44.5 Å². The van der Waals surface area contributed by atoms with Crippen molar-refractivity contribution >= 4 is 0 Å². The molecule has 0 radical (unpaired) electrons. The lowest BCUT2D eigenvalue weighted by Crippen LogP contribution is -2.06. The molecule has 0 heterocycles. The molecule has 3 nitrogen and oxygen atoms in total. The predicted octanol–water partition coefficient (Wildman–Crippen LogP) is 1.35. The molecule has 0 aliphatic heterocycles. The minimum atomic E-state index is 0.533. The van der Waals surface area contributed by atoms with Gasteiger partial charge in [0.25, 0.3) is 0 Å². The minimum Gasteiger partial charge on any atom is -0.338 e. The zero-order valence-electron chi connectivity index (χ0n) is 6.90. The van der Waals surface area contributed by atoms with E-state index in [2.05, 4.69) is 0 Å². The molecule has 0 spiro atoms. The van der Waals surface area contributed by atoms with Crippen LogP contribution in [0.5, 0.6) is 5.75 Å². The highest BCUT2D eigenvalue weighted by molar-refractivity contribution is 5.20. The molecule has 1 rings (SSSR count). The zero-order chi connectivity index (χ0) is 8.65. The molecule has 1 aromatic carbocycles. The Balaban J connectivity index is 2.16. The normalized spacial score (nSPS) is 9.75. The van der Waals surface area contributed by atoms with E-state index in [1.54, 1.807) is 0 Å². The van der Waals surface area contributed by atoms with Crippen LogP contribution < -0.4 is 10.6 Å². The smallest absolute Gasteiger partial charge is 0.165 e. The van der Waals surface area contributed by atoms with Gasteiger partial charge in [0.1, 0.15) is 0 Å². The van der Waals surface area contributed by atoms with Gasteiger partial charge in [0.2, 0.25) is 0 Å². The Bertz CT molecular complexity index is 201. The van der Waals surface area contributed by atoms with Crippen molar-refractivity contribution in [2.45, 2.75) is 6.42 Å². The SMILES string of the molecule is NCCCOOc1ccccc1. The summed E-state index contributed by atoms with van der Waals surface area (Å²) in [5.74, 6) is 0.717. The average Bonchev–Trinajstić information content (AvgIpc) is 2.14. The van der Waals surface area contributed by atoms with Gasteiger partial charge in [-0.3, -0.25) is 0 Å². The van der Waals surface area contributed by atoms with Gasteiger partial charge in [0.05, 0.1) is 6.61 Å². The highest BCUT2D eigenvalue weighted by Crippen LogP contribution is 2.08. The molecular weight excluding hydrogens is 154 g/mol. The lowest BCUT2D eigenvalue weighted by Gasteiger charge is -2.02. The predicted molar refractivity (Wildman–Crippen MR) is 46.7 cm³/mol. The second kappa shape index (κ2) is 5.57. The van der Waals surface area contributed by atoms with Crippen LogP contribution in [0.3, 0.4) is 0 Å². The van der Waals surface area contributed by atoms with Crippen LogP contribution in [-0.4, -0.2) is 13.2 Å². The van der Waals surface area contributed by atoms with Gasteiger partial charge in [-0.1, -0.05) is 18.2 Å². The average molecular weight is 167 g/mol. The number of hydrogen-bond donors (Lipinski definition) is 1. The van der Waals surface area contributed by atoms with Crippen molar-refractivity contribution in [3.63, 3.8) is 0 Å². The number of para-hydroxylation sites is 1. The summed E-state index contributed by atoms with van der Waals surface area (Å²) in [6.07, 6.45) is 0.812. The van der Waals surface area contributed by atoms with E-state index in [0.29, 0.717) is 13.2 Å². The second-order valence-corrected chi connectivity index (χ2v) is 2.36. The van der Waals surface area contributed by atoms with Gasteiger partial charge >= 0.3 is 0 Å². The monoisotopic (exact) mass is 167 g/mol. The maximum atomic E-state index is 5.27. The summed E-state index contributed by atoms with van der Waals surface area (Å²) in [5.41, 5.74) is 5.27. The number of benzene rings is 1. The van der Waals surface area contributed by atoms with Crippen molar-refractivity contribution in [3.8, 4) is 5.75 Å². The zero-order valence-corrected chi connectivity index (χ0v) is 6.90. The molecule has 0 aliphatic rings. The van der Waals surface area contributed by atoms with Crippen LogP contribution >= 0.6 is 0 Å². The molecule has 0 bridgehead atoms. The first-order chi connectivity index (χ1) is 5.93. The highest BCUT2D eigenvalue weighted by atomic mass is 17.2. The summed E-state index contributed by atoms with van der Waals surface area (Å²) in [6.45, 7) is 1.16. The van der Waals surface area contributed by atoms with Gasteiger partial charge in [0, 0.05) is 0 Å². The molecule has 0 aromatic heterocycles. The van der Waals surface area contributed by atoms with E-state index in [1.165, 1.54) is 0 Å². The van der Waals surface area contributed by atoms with E-state index in [0.717, 1.165) is 12.2 Å². The lowest BCUT2D eigenvalue weighted by molar-refractivity contribution is -0.206. The fraction of sp³-hybridized carbons (Fsp3) is 0.333. The highest BCUT2D eigenvalue weighted by Gasteiger charge is 1.90. The van der Waals surface area contributed by atoms with Gasteiger partial charge in [-0.15, -0.1) is 0 Å². The van der Waals surface area contributed by atoms with Crippen LogP contribution in [0.25, 0.3) is 0 Å². The molecule has 0 saturated carbocycles. The van der Waals surface area contributed by atoms with Gasteiger partial charge in [0.15, 0.2) is 5.75 Å². The van der Waals surface area contributed by atoms with E-state index in [-0.39, 0.29) is 0 Å². The van der Waals surface area contributed by atoms with E-state index in [9.17, 15) is 0 Å². The maximum absolute atomic E-state index is 5.27. The first-order valence-corrected chi connectivity index (χ1v) is 3.98. The second-order valence-electron chi connectivity index (χ2n) is 2.36. The Labute approximate surface area is 72.0 Å². The fourth-order valence-electron chi connectivity index (χ4n) is 0.728.